The number of tetrazole rings is 1. The van der Waals surface area contributed by atoms with E-state index in [2.05, 4.69) is 64.4 Å². The summed E-state index contributed by atoms with van der Waals surface area (Å²) in [6.45, 7) is 9.38. The first-order valence-electron chi connectivity index (χ1n) is 13.2. The Balaban J connectivity index is 1.75. The van der Waals surface area contributed by atoms with Crippen LogP contribution < -0.4 is 5.56 Å². The van der Waals surface area contributed by atoms with Crippen LogP contribution in [-0.4, -0.2) is 30.1 Å². The number of rotatable bonds is 9. The zero-order valence-corrected chi connectivity index (χ0v) is 23.5. The van der Waals surface area contributed by atoms with Gasteiger partial charge >= 0.3 is 0 Å². The van der Waals surface area contributed by atoms with Gasteiger partial charge in [-0.15, -0.1) is 5.10 Å². The molecule has 7 nitrogen and oxygen atoms in total. The van der Waals surface area contributed by atoms with E-state index in [1.54, 1.807) is 0 Å². The van der Waals surface area contributed by atoms with Crippen molar-refractivity contribution in [3.05, 3.63) is 122 Å². The van der Waals surface area contributed by atoms with Crippen LogP contribution in [0.2, 0.25) is 5.02 Å². The van der Waals surface area contributed by atoms with E-state index in [4.69, 9.17) is 11.6 Å². The second-order valence-corrected chi connectivity index (χ2v) is 11.1. The predicted octanol–water partition coefficient (Wildman–Crippen LogP) is 6.41. The van der Waals surface area contributed by atoms with Crippen LogP contribution >= 0.6 is 11.6 Å². The standard InChI is InChI=1S/C31H33ClN6O/c1-5-31(3,4)38-29(34-35-36-38)28(25-18-23-16-15-21(2)17-27(23)33-30(25)39)37(19-22-11-7-6-8-12-22)20-24-13-9-10-14-26(24)32/h6-18,28H,5,19-20H2,1-4H3,(H,33,39)/t28-/m0/s1. The zero-order valence-electron chi connectivity index (χ0n) is 22.7. The van der Waals surface area contributed by atoms with Crippen molar-refractivity contribution < 1.29 is 0 Å². The zero-order chi connectivity index (χ0) is 27.6. The number of benzene rings is 3. The summed E-state index contributed by atoms with van der Waals surface area (Å²) in [5.41, 5.74) is 4.01. The highest BCUT2D eigenvalue weighted by molar-refractivity contribution is 6.31. The molecular formula is C31H33ClN6O. The second kappa shape index (κ2) is 11.1. The Labute approximate surface area is 233 Å². The summed E-state index contributed by atoms with van der Waals surface area (Å²) in [6.07, 6.45) is 0.814. The number of nitrogens with one attached hydrogen (secondary N) is 1. The number of aromatic nitrogens is 5. The molecule has 3 aromatic carbocycles. The van der Waals surface area contributed by atoms with Crippen molar-refractivity contribution in [2.75, 3.05) is 0 Å². The molecule has 0 saturated heterocycles. The minimum Gasteiger partial charge on any atom is -0.322 e. The van der Waals surface area contributed by atoms with Gasteiger partial charge in [0.15, 0.2) is 5.82 Å². The lowest BCUT2D eigenvalue weighted by Crippen LogP contribution is -2.38. The number of hydrogen-bond acceptors (Lipinski definition) is 5. The molecule has 2 aromatic heterocycles. The SMILES string of the molecule is CCC(C)(C)n1nnnc1[C@H](c1cc2ccc(C)cc2[nH]c1=O)N(Cc1ccccc1)Cc1ccccc1Cl. The van der Waals surface area contributed by atoms with E-state index < -0.39 is 6.04 Å². The van der Waals surface area contributed by atoms with Crippen LogP contribution in [0.1, 0.15) is 61.3 Å². The van der Waals surface area contributed by atoms with Crippen molar-refractivity contribution in [3.8, 4) is 0 Å². The van der Waals surface area contributed by atoms with Gasteiger partial charge < -0.3 is 4.98 Å². The summed E-state index contributed by atoms with van der Waals surface area (Å²) in [4.78, 5) is 19.2. The molecule has 0 amide bonds. The van der Waals surface area contributed by atoms with Crippen LogP contribution in [-0.2, 0) is 18.6 Å². The van der Waals surface area contributed by atoms with E-state index in [1.807, 2.05) is 72.3 Å². The number of aryl methyl sites for hydroxylation is 1. The van der Waals surface area contributed by atoms with E-state index in [9.17, 15) is 4.79 Å². The number of aromatic amines is 1. The molecule has 1 atom stereocenters. The van der Waals surface area contributed by atoms with Crippen LogP contribution in [0.25, 0.3) is 10.9 Å². The average molecular weight is 541 g/mol. The maximum atomic E-state index is 13.8. The summed E-state index contributed by atoms with van der Waals surface area (Å²) in [7, 11) is 0. The maximum Gasteiger partial charge on any atom is 0.253 e. The molecule has 0 bridgehead atoms. The van der Waals surface area contributed by atoms with E-state index in [1.165, 1.54) is 0 Å². The Bertz CT molecular complexity index is 1640. The first kappa shape index (κ1) is 26.8. The molecule has 1 N–H and O–H groups in total. The fraction of sp³-hybridized carbons (Fsp3) is 0.290. The molecule has 0 saturated carbocycles. The first-order valence-corrected chi connectivity index (χ1v) is 13.6. The van der Waals surface area contributed by atoms with Crippen molar-refractivity contribution in [2.24, 2.45) is 0 Å². The molecule has 0 aliphatic carbocycles. The summed E-state index contributed by atoms with van der Waals surface area (Å²) in [5, 5.41) is 14.7. The Morgan fingerprint density at radius 3 is 2.49 bits per heavy atom. The molecule has 0 aliphatic rings. The van der Waals surface area contributed by atoms with Gasteiger partial charge in [-0.1, -0.05) is 79.2 Å². The number of halogens is 1. The van der Waals surface area contributed by atoms with Gasteiger partial charge in [0.1, 0.15) is 6.04 Å². The minimum absolute atomic E-state index is 0.167. The van der Waals surface area contributed by atoms with E-state index in [0.29, 0.717) is 29.5 Å². The van der Waals surface area contributed by atoms with E-state index in [-0.39, 0.29) is 11.1 Å². The summed E-state index contributed by atoms with van der Waals surface area (Å²) < 4.78 is 1.86. The Morgan fingerprint density at radius 2 is 1.74 bits per heavy atom. The molecule has 5 rings (SSSR count). The van der Waals surface area contributed by atoms with Gasteiger partial charge in [0, 0.05) is 29.2 Å². The number of H-pyrrole nitrogens is 1. The van der Waals surface area contributed by atoms with Crippen LogP contribution in [0, 0.1) is 6.92 Å². The largest absolute Gasteiger partial charge is 0.322 e. The third-order valence-corrected chi connectivity index (χ3v) is 7.80. The highest BCUT2D eigenvalue weighted by atomic mass is 35.5. The second-order valence-electron chi connectivity index (χ2n) is 10.6. The summed E-state index contributed by atoms with van der Waals surface area (Å²) in [5.74, 6) is 0.613. The molecule has 0 spiro atoms. The lowest BCUT2D eigenvalue weighted by Gasteiger charge is -2.34. The third-order valence-electron chi connectivity index (χ3n) is 7.43. The highest BCUT2D eigenvalue weighted by Gasteiger charge is 2.34. The Morgan fingerprint density at radius 1 is 1.00 bits per heavy atom. The summed E-state index contributed by atoms with van der Waals surface area (Å²) >= 11 is 6.66. The Kier molecular flexibility index (Phi) is 7.64. The summed E-state index contributed by atoms with van der Waals surface area (Å²) in [6, 6.07) is 25.5. The maximum absolute atomic E-state index is 13.8. The van der Waals surface area contributed by atoms with Crippen LogP contribution in [0.3, 0.4) is 0 Å². The first-order chi connectivity index (χ1) is 18.8. The number of pyridine rings is 1. The van der Waals surface area contributed by atoms with Crippen molar-refractivity contribution in [1.29, 1.82) is 0 Å². The van der Waals surface area contributed by atoms with E-state index in [0.717, 1.165) is 34.0 Å². The molecule has 0 unspecified atom stereocenters. The predicted molar refractivity (Wildman–Crippen MR) is 156 cm³/mol. The quantitative estimate of drug-likeness (QED) is 0.233. The monoisotopic (exact) mass is 540 g/mol. The van der Waals surface area contributed by atoms with Crippen molar-refractivity contribution >= 4 is 22.5 Å². The van der Waals surface area contributed by atoms with Gasteiger partial charge in [0.05, 0.1) is 5.54 Å². The minimum atomic E-state index is -0.545. The molecule has 0 fully saturated rings. The van der Waals surface area contributed by atoms with Crippen molar-refractivity contribution in [1.82, 2.24) is 30.1 Å². The number of nitrogens with zero attached hydrogens (tertiary/aromatic N) is 5. The van der Waals surface area contributed by atoms with Crippen LogP contribution in [0.5, 0.6) is 0 Å². The molecule has 5 aromatic rings. The van der Waals surface area contributed by atoms with Crippen LogP contribution in [0.4, 0.5) is 0 Å². The van der Waals surface area contributed by atoms with Gasteiger partial charge in [0.25, 0.3) is 5.56 Å². The van der Waals surface area contributed by atoms with Gasteiger partial charge in [-0.25, -0.2) is 4.68 Å². The van der Waals surface area contributed by atoms with Crippen molar-refractivity contribution in [2.45, 2.75) is 58.8 Å². The topological polar surface area (TPSA) is 79.7 Å². The van der Waals surface area contributed by atoms with E-state index >= 15 is 0 Å². The lowest BCUT2D eigenvalue weighted by molar-refractivity contribution is 0.180. The molecule has 200 valence electrons. The highest BCUT2D eigenvalue weighted by Crippen LogP contribution is 2.33. The molecular weight excluding hydrogens is 508 g/mol. The molecule has 8 heteroatoms. The number of hydrogen-bond donors (Lipinski definition) is 1. The fourth-order valence-corrected chi connectivity index (χ4v) is 5.08. The molecule has 0 radical (unpaired) electrons. The smallest absolute Gasteiger partial charge is 0.253 e. The lowest BCUT2D eigenvalue weighted by atomic mass is 9.98. The van der Waals surface area contributed by atoms with Crippen LogP contribution in [0.15, 0.2) is 83.7 Å². The van der Waals surface area contributed by atoms with Gasteiger partial charge in [0.2, 0.25) is 0 Å². The molecule has 0 aliphatic heterocycles. The Hall–Kier alpha value is -3.81. The van der Waals surface area contributed by atoms with Gasteiger partial charge in [-0.3, -0.25) is 9.69 Å². The normalized spacial score (nSPS) is 12.8. The number of fused-ring (bicyclic) bond motifs is 1. The average Bonchev–Trinajstić information content (AvgIpc) is 3.41. The van der Waals surface area contributed by atoms with Gasteiger partial charge in [-0.2, -0.15) is 0 Å². The molecule has 39 heavy (non-hydrogen) atoms. The third kappa shape index (κ3) is 5.65. The molecule has 2 heterocycles. The fourth-order valence-electron chi connectivity index (χ4n) is 4.88. The van der Waals surface area contributed by atoms with Gasteiger partial charge in [-0.05, 0) is 77.9 Å². The van der Waals surface area contributed by atoms with Crippen molar-refractivity contribution in [3.63, 3.8) is 0 Å².